The molecule has 7 heteroatoms. The van der Waals surface area contributed by atoms with Crippen LogP contribution in [0.5, 0.6) is 11.5 Å². The number of carbonyl (C=O) groups excluding carboxylic acids is 2. The first-order valence-electron chi connectivity index (χ1n) is 11.0. The number of Topliss-reactive ketones (excluding diaryl/α,β-unsaturated/α-hetero) is 1. The lowest BCUT2D eigenvalue weighted by Crippen LogP contribution is -2.36. The highest BCUT2D eigenvalue weighted by molar-refractivity contribution is 6.46. The number of hydrogen-bond donors (Lipinski definition) is 2. The van der Waals surface area contributed by atoms with E-state index in [-0.39, 0.29) is 29.7 Å². The number of fused-ring (bicyclic) bond motifs is 1. The predicted molar refractivity (Wildman–Crippen MR) is 116 cm³/mol. The zero-order valence-corrected chi connectivity index (χ0v) is 17.6. The highest BCUT2D eigenvalue weighted by Crippen LogP contribution is 2.41. The molecule has 0 aromatic heterocycles. The molecule has 2 unspecified atom stereocenters. The topological polar surface area (TPSA) is 96.3 Å². The molecule has 0 aliphatic carbocycles. The normalized spacial score (nSPS) is 24.4. The molecular formula is C25H25NO6. The standard InChI is InChI=1S/C25H25NO6/c27-18-6-1-4-16(13-18)22-21(24(29)25(30)26(22)14-19-7-3-10-31-19)23(28)17-8-9-20-15(12-17)5-2-11-32-20/h1,4,6,8-9,12-13,19,22,27-28H,2-3,5,7,10-11,14H2/b23-21-. The van der Waals surface area contributed by atoms with E-state index in [1.165, 1.54) is 17.0 Å². The van der Waals surface area contributed by atoms with Crippen molar-refractivity contribution in [3.05, 3.63) is 64.7 Å². The molecule has 2 saturated heterocycles. The number of ether oxygens (including phenoxy) is 2. The van der Waals surface area contributed by atoms with E-state index >= 15 is 0 Å². The molecule has 2 atom stereocenters. The number of ketones is 1. The van der Waals surface area contributed by atoms with Gasteiger partial charge in [-0.15, -0.1) is 0 Å². The summed E-state index contributed by atoms with van der Waals surface area (Å²) in [5, 5.41) is 21.3. The van der Waals surface area contributed by atoms with Crippen molar-refractivity contribution in [3.63, 3.8) is 0 Å². The molecule has 5 rings (SSSR count). The summed E-state index contributed by atoms with van der Waals surface area (Å²) < 4.78 is 11.4. The fraction of sp³-hybridized carbons (Fsp3) is 0.360. The number of likely N-dealkylation sites (tertiary alicyclic amines) is 1. The van der Waals surface area contributed by atoms with E-state index in [1.54, 1.807) is 24.3 Å². The average Bonchev–Trinajstić information content (AvgIpc) is 3.41. The molecule has 3 aliphatic rings. The summed E-state index contributed by atoms with van der Waals surface area (Å²) in [6.45, 7) is 1.53. The van der Waals surface area contributed by atoms with Gasteiger partial charge in [0.2, 0.25) is 0 Å². The number of hydrogen-bond acceptors (Lipinski definition) is 6. The van der Waals surface area contributed by atoms with Crippen molar-refractivity contribution in [3.8, 4) is 11.5 Å². The third-order valence-electron chi connectivity index (χ3n) is 6.33. The molecule has 3 aliphatic heterocycles. The van der Waals surface area contributed by atoms with Crippen LogP contribution in [0.1, 0.15) is 42.0 Å². The molecule has 1 amide bonds. The van der Waals surface area contributed by atoms with Crippen LogP contribution in [0.2, 0.25) is 0 Å². The van der Waals surface area contributed by atoms with E-state index in [4.69, 9.17) is 9.47 Å². The zero-order valence-electron chi connectivity index (χ0n) is 17.6. The van der Waals surface area contributed by atoms with E-state index < -0.39 is 17.7 Å². The minimum absolute atomic E-state index is 0.0234. The lowest BCUT2D eigenvalue weighted by atomic mass is 9.93. The van der Waals surface area contributed by atoms with Gasteiger partial charge in [-0.25, -0.2) is 0 Å². The summed E-state index contributed by atoms with van der Waals surface area (Å²) >= 11 is 0. The number of aliphatic hydroxyl groups is 1. The van der Waals surface area contributed by atoms with Crippen molar-refractivity contribution in [2.24, 2.45) is 0 Å². The number of carbonyl (C=O) groups is 2. The van der Waals surface area contributed by atoms with Crippen molar-refractivity contribution >= 4 is 17.4 Å². The molecule has 32 heavy (non-hydrogen) atoms. The van der Waals surface area contributed by atoms with Crippen molar-refractivity contribution < 1.29 is 29.3 Å². The Balaban J connectivity index is 1.61. The quantitative estimate of drug-likeness (QED) is 0.435. The van der Waals surface area contributed by atoms with Gasteiger partial charge in [-0.05, 0) is 67.1 Å². The van der Waals surface area contributed by atoms with E-state index in [2.05, 4.69) is 0 Å². The maximum absolute atomic E-state index is 13.1. The Morgan fingerprint density at radius 2 is 1.97 bits per heavy atom. The number of nitrogens with zero attached hydrogens (tertiary/aromatic N) is 1. The SMILES string of the molecule is O=C1C(=O)N(CC2CCCO2)C(c2cccc(O)c2)/C1=C(/O)c1ccc2c(c1)CCCO2. The highest BCUT2D eigenvalue weighted by Gasteiger charge is 2.47. The third-order valence-corrected chi connectivity index (χ3v) is 6.33. The van der Waals surface area contributed by atoms with Gasteiger partial charge in [0, 0.05) is 18.7 Å². The zero-order chi connectivity index (χ0) is 22.2. The van der Waals surface area contributed by atoms with E-state index in [1.807, 2.05) is 6.07 Å². The number of phenols is 1. The monoisotopic (exact) mass is 435 g/mol. The number of phenolic OH excluding ortho intramolecular Hbond substituents is 1. The van der Waals surface area contributed by atoms with Gasteiger partial charge < -0.3 is 24.6 Å². The number of aryl methyl sites for hydroxylation is 1. The summed E-state index contributed by atoms with van der Waals surface area (Å²) in [5.41, 5.74) is 2.01. The van der Waals surface area contributed by atoms with E-state index in [9.17, 15) is 19.8 Å². The third kappa shape index (κ3) is 3.62. The lowest BCUT2D eigenvalue weighted by molar-refractivity contribution is -0.140. The van der Waals surface area contributed by atoms with Gasteiger partial charge in [-0.1, -0.05) is 12.1 Å². The molecule has 2 fully saturated rings. The molecule has 7 nitrogen and oxygen atoms in total. The molecular weight excluding hydrogens is 410 g/mol. The van der Waals surface area contributed by atoms with E-state index in [0.717, 1.165) is 37.0 Å². The Morgan fingerprint density at radius 3 is 2.75 bits per heavy atom. The van der Waals surface area contributed by atoms with Crippen LogP contribution >= 0.6 is 0 Å². The second-order valence-electron chi connectivity index (χ2n) is 8.46. The summed E-state index contributed by atoms with van der Waals surface area (Å²) in [4.78, 5) is 27.6. The fourth-order valence-corrected chi connectivity index (χ4v) is 4.78. The molecule has 0 spiro atoms. The summed E-state index contributed by atoms with van der Waals surface area (Å²) in [5.74, 6) is -0.827. The largest absolute Gasteiger partial charge is 0.508 e. The number of amides is 1. The van der Waals surface area contributed by atoms with Crippen LogP contribution in [0.15, 0.2) is 48.0 Å². The van der Waals surface area contributed by atoms with Crippen molar-refractivity contribution in [2.45, 2.75) is 37.8 Å². The first-order chi connectivity index (χ1) is 15.5. The number of aliphatic hydroxyl groups excluding tert-OH is 1. The first-order valence-corrected chi connectivity index (χ1v) is 11.0. The second kappa shape index (κ2) is 8.31. The molecule has 3 heterocycles. The average molecular weight is 435 g/mol. The summed E-state index contributed by atoms with van der Waals surface area (Å²) in [6, 6.07) is 10.9. The van der Waals surface area contributed by atoms with Crippen LogP contribution in [-0.4, -0.2) is 52.7 Å². The number of benzene rings is 2. The second-order valence-corrected chi connectivity index (χ2v) is 8.46. The van der Waals surface area contributed by atoms with Gasteiger partial charge in [-0.2, -0.15) is 0 Å². The Hall–Kier alpha value is -3.32. The van der Waals surface area contributed by atoms with Crippen LogP contribution < -0.4 is 4.74 Å². The summed E-state index contributed by atoms with van der Waals surface area (Å²) in [7, 11) is 0. The van der Waals surface area contributed by atoms with Crippen molar-refractivity contribution in [1.82, 2.24) is 4.90 Å². The Morgan fingerprint density at radius 1 is 1.09 bits per heavy atom. The maximum Gasteiger partial charge on any atom is 0.295 e. The molecule has 2 aromatic rings. The Labute approximate surface area is 185 Å². The molecule has 2 aromatic carbocycles. The lowest BCUT2D eigenvalue weighted by Gasteiger charge is -2.27. The van der Waals surface area contributed by atoms with Crippen LogP contribution in [0.4, 0.5) is 0 Å². The van der Waals surface area contributed by atoms with Crippen LogP contribution in [0.25, 0.3) is 5.76 Å². The molecule has 2 N–H and O–H groups in total. The van der Waals surface area contributed by atoms with E-state index in [0.29, 0.717) is 24.3 Å². The van der Waals surface area contributed by atoms with Crippen LogP contribution in [-0.2, 0) is 20.7 Å². The number of aromatic hydroxyl groups is 1. The maximum atomic E-state index is 13.1. The van der Waals surface area contributed by atoms with Crippen LogP contribution in [0.3, 0.4) is 0 Å². The molecule has 0 saturated carbocycles. The highest BCUT2D eigenvalue weighted by atomic mass is 16.5. The van der Waals surface area contributed by atoms with Gasteiger partial charge in [0.1, 0.15) is 17.3 Å². The fourth-order valence-electron chi connectivity index (χ4n) is 4.78. The van der Waals surface area contributed by atoms with Crippen LogP contribution in [0, 0.1) is 0 Å². The van der Waals surface area contributed by atoms with Gasteiger partial charge in [-0.3, -0.25) is 9.59 Å². The molecule has 166 valence electrons. The van der Waals surface area contributed by atoms with Gasteiger partial charge in [0.05, 0.1) is 24.3 Å². The Bertz CT molecular complexity index is 1100. The first kappa shape index (κ1) is 20.6. The molecule has 0 radical (unpaired) electrons. The van der Waals surface area contributed by atoms with Gasteiger partial charge in [0.25, 0.3) is 11.7 Å². The van der Waals surface area contributed by atoms with Crippen molar-refractivity contribution in [1.29, 1.82) is 0 Å². The molecule has 0 bridgehead atoms. The summed E-state index contributed by atoms with van der Waals surface area (Å²) in [6.07, 6.45) is 3.25. The predicted octanol–water partition coefficient (Wildman–Crippen LogP) is 3.32. The minimum Gasteiger partial charge on any atom is -0.508 e. The smallest absolute Gasteiger partial charge is 0.295 e. The Kier molecular flexibility index (Phi) is 5.35. The van der Waals surface area contributed by atoms with Gasteiger partial charge in [0.15, 0.2) is 0 Å². The minimum atomic E-state index is -0.807. The number of rotatable bonds is 4. The van der Waals surface area contributed by atoms with Gasteiger partial charge >= 0.3 is 0 Å². The van der Waals surface area contributed by atoms with Crippen molar-refractivity contribution in [2.75, 3.05) is 19.8 Å².